The van der Waals surface area contributed by atoms with Gasteiger partial charge in [0.1, 0.15) is 5.82 Å². The molecule has 2 saturated heterocycles. The van der Waals surface area contributed by atoms with E-state index in [2.05, 4.69) is 15.8 Å². The van der Waals surface area contributed by atoms with Crippen molar-refractivity contribution in [2.24, 2.45) is 5.92 Å². The summed E-state index contributed by atoms with van der Waals surface area (Å²) >= 11 is 5.85. The van der Waals surface area contributed by atoms with Crippen LogP contribution in [0, 0.1) is 11.7 Å². The summed E-state index contributed by atoms with van der Waals surface area (Å²) in [6, 6.07) is 4.78. The minimum atomic E-state index is -0.401. The van der Waals surface area contributed by atoms with Gasteiger partial charge in [-0.25, -0.2) is 4.39 Å². The molecule has 0 atom stereocenters. The van der Waals surface area contributed by atoms with Crippen LogP contribution in [0.2, 0.25) is 5.02 Å². The first-order chi connectivity index (χ1) is 11.6. The van der Waals surface area contributed by atoms with Gasteiger partial charge in [0.25, 0.3) is 0 Å². The molecule has 2 N–H and O–H groups in total. The molecule has 132 valence electrons. The molecule has 0 spiro atoms. The van der Waals surface area contributed by atoms with E-state index in [1.54, 1.807) is 12.1 Å². The number of nitrogens with zero attached hydrogens (tertiary/aromatic N) is 2. The van der Waals surface area contributed by atoms with Crippen molar-refractivity contribution in [3.05, 3.63) is 29.0 Å². The topological polar surface area (TPSA) is 47.6 Å². The molecule has 0 radical (unpaired) electrons. The molecule has 24 heavy (non-hydrogen) atoms. The first kappa shape index (κ1) is 17.5. The van der Waals surface area contributed by atoms with Crippen LogP contribution in [0.15, 0.2) is 18.2 Å². The molecule has 0 aromatic heterocycles. The zero-order chi connectivity index (χ0) is 16.9. The summed E-state index contributed by atoms with van der Waals surface area (Å²) in [6.07, 6.45) is 2.65. The van der Waals surface area contributed by atoms with Gasteiger partial charge >= 0.3 is 0 Å². The number of carbonyl (C=O) groups is 1. The van der Waals surface area contributed by atoms with Crippen LogP contribution in [0.25, 0.3) is 0 Å². The molecule has 0 aliphatic carbocycles. The summed E-state index contributed by atoms with van der Waals surface area (Å²) in [6.45, 7) is 4.91. The Hall–Kier alpha value is -1.37. The van der Waals surface area contributed by atoms with E-state index in [0.29, 0.717) is 25.4 Å². The van der Waals surface area contributed by atoms with Crippen LogP contribution in [0.3, 0.4) is 0 Å². The first-order valence-corrected chi connectivity index (χ1v) is 8.95. The van der Waals surface area contributed by atoms with Gasteiger partial charge in [0, 0.05) is 51.4 Å². The van der Waals surface area contributed by atoms with E-state index in [-0.39, 0.29) is 10.9 Å². The third-order valence-electron chi connectivity index (χ3n) is 4.81. The zero-order valence-electron chi connectivity index (χ0n) is 13.7. The Labute approximate surface area is 147 Å². The van der Waals surface area contributed by atoms with Crippen molar-refractivity contribution in [2.75, 3.05) is 44.2 Å². The molecule has 0 saturated carbocycles. The molecule has 3 rings (SSSR count). The second-order valence-electron chi connectivity index (χ2n) is 6.49. The number of hydrogen-bond donors (Lipinski definition) is 2. The van der Waals surface area contributed by atoms with E-state index in [1.807, 2.05) is 4.90 Å². The molecule has 1 aromatic carbocycles. The van der Waals surface area contributed by atoms with E-state index in [9.17, 15) is 9.18 Å². The van der Waals surface area contributed by atoms with E-state index < -0.39 is 5.82 Å². The molecule has 0 bridgehead atoms. The van der Waals surface area contributed by atoms with Crippen LogP contribution in [0.5, 0.6) is 0 Å². The van der Waals surface area contributed by atoms with Crippen LogP contribution in [-0.2, 0) is 4.79 Å². The highest BCUT2D eigenvalue weighted by molar-refractivity contribution is 6.31. The number of hydrogen-bond acceptors (Lipinski definition) is 4. The lowest BCUT2D eigenvalue weighted by Crippen LogP contribution is -2.48. The van der Waals surface area contributed by atoms with Gasteiger partial charge in [-0.2, -0.15) is 0 Å². The molecule has 2 aliphatic heterocycles. The van der Waals surface area contributed by atoms with Crippen molar-refractivity contribution in [1.82, 2.24) is 15.8 Å². The number of nitrogens with one attached hydrogen (secondary N) is 2. The van der Waals surface area contributed by atoms with Gasteiger partial charge < -0.3 is 9.80 Å². The van der Waals surface area contributed by atoms with E-state index >= 15 is 0 Å². The fraction of sp³-hybridized carbons (Fsp3) is 0.588. The standard InChI is InChI=1S/C17H24ClFN4O/c18-15-10-14(4-5-16(15)19)22-6-8-23(9-7-22)17(24)3-1-2-13-11-20-21-12-13/h4-5,10,13,20-21H,1-3,6-9,11-12H2. The van der Waals surface area contributed by atoms with Gasteiger partial charge in [0.2, 0.25) is 5.91 Å². The predicted molar refractivity (Wildman–Crippen MR) is 93.5 cm³/mol. The summed E-state index contributed by atoms with van der Waals surface area (Å²) in [7, 11) is 0. The van der Waals surface area contributed by atoms with Gasteiger partial charge in [-0.05, 0) is 37.0 Å². The Morgan fingerprint density at radius 3 is 2.58 bits per heavy atom. The fourth-order valence-electron chi connectivity index (χ4n) is 3.31. The van der Waals surface area contributed by atoms with Gasteiger partial charge in [0.15, 0.2) is 0 Å². The lowest BCUT2D eigenvalue weighted by atomic mass is 10.0. The van der Waals surface area contributed by atoms with Gasteiger partial charge in [-0.1, -0.05) is 11.6 Å². The van der Waals surface area contributed by atoms with E-state index in [1.165, 1.54) is 6.07 Å². The van der Waals surface area contributed by atoms with Crippen LogP contribution >= 0.6 is 11.6 Å². The molecule has 1 amide bonds. The average molecular weight is 355 g/mol. The molecular weight excluding hydrogens is 331 g/mol. The Kier molecular flexibility index (Phi) is 5.92. The smallest absolute Gasteiger partial charge is 0.222 e. The van der Waals surface area contributed by atoms with Crippen LogP contribution in [0.4, 0.5) is 10.1 Å². The van der Waals surface area contributed by atoms with Gasteiger partial charge in [-0.15, -0.1) is 0 Å². The van der Waals surface area contributed by atoms with Crippen LogP contribution in [0.1, 0.15) is 19.3 Å². The number of benzene rings is 1. The quantitative estimate of drug-likeness (QED) is 0.849. The Balaban J connectivity index is 1.42. The van der Waals surface area contributed by atoms with Crippen molar-refractivity contribution in [3.63, 3.8) is 0 Å². The number of halogens is 2. The number of hydrazine groups is 1. The molecule has 2 aliphatic rings. The lowest BCUT2D eigenvalue weighted by molar-refractivity contribution is -0.131. The highest BCUT2D eigenvalue weighted by atomic mass is 35.5. The Morgan fingerprint density at radius 2 is 1.92 bits per heavy atom. The van der Waals surface area contributed by atoms with Crippen LogP contribution < -0.4 is 15.8 Å². The highest BCUT2D eigenvalue weighted by Gasteiger charge is 2.22. The number of carbonyl (C=O) groups excluding carboxylic acids is 1. The van der Waals surface area contributed by atoms with Crippen LogP contribution in [-0.4, -0.2) is 50.1 Å². The van der Waals surface area contributed by atoms with Crippen molar-refractivity contribution in [2.45, 2.75) is 19.3 Å². The molecule has 1 aromatic rings. The summed E-state index contributed by atoms with van der Waals surface area (Å²) < 4.78 is 13.3. The maximum Gasteiger partial charge on any atom is 0.222 e. The minimum Gasteiger partial charge on any atom is -0.368 e. The highest BCUT2D eigenvalue weighted by Crippen LogP contribution is 2.23. The second-order valence-corrected chi connectivity index (χ2v) is 6.89. The third kappa shape index (κ3) is 4.37. The third-order valence-corrected chi connectivity index (χ3v) is 5.10. The predicted octanol–water partition coefficient (Wildman–Crippen LogP) is 2.02. The van der Waals surface area contributed by atoms with Crippen molar-refractivity contribution < 1.29 is 9.18 Å². The minimum absolute atomic E-state index is 0.141. The Bertz CT molecular complexity index is 572. The molecule has 5 nitrogen and oxygen atoms in total. The first-order valence-electron chi connectivity index (χ1n) is 8.57. The van der Waals surface area contributed by atoms with E-state index in [0.717, 1.165) is 44.7 Å². The SMILES string of the molecule is O=C(CCCC1CNNC1)N1CCN(c2ccc(F)c(Cl)c2)CC1. The number of rotatable bonds is 5. The molecule has 2 fully saturated rings. The second kappa shape index (κ2) is 8.14. The molecule has 7 heteroatoms. The zero-order valence-corrected chi connectivity index (χ0v) is 14.5. The molecule has 0 unspecified atom stereocenters. The van der Waals surface area contributed by atoms with Crippen molar-refractivity contribution in [3.8, 4) is 0 Å². The van der Waals surface area contributed by atoms with E-state index in [4.69, 9.17) is 11.6 Å². The molecule has 2 heterocycles. The largest absolute Gasteiger partial charge is 0.368 e. The van der Waals surface area contributed by atoms with Crippen molar-refractivity contribution in [1.29, 1.82) is 0 Å². The summed E-state index contributed by atoms with van der Waals surface area (Å²) in [4.78, 5) is 16.4. The van der Waals surface area contributed by atoms with Gasteiger partial charge in [-0.3, -0.25) is 15.6 Å². The number of piperazine rings is 1. The number of anilines is 1. The monoisotopic (exact) mass is 354 g/mol. The normalized spacial score (nSPS) is 19.1. The maximum atomic E-state index is 13.3. The summed E-state index contributed by atoms with van der Waals surface area (Å²) in [5.74, 6) is 0.477. The maximum absolute atomic E-state index is 13.3. The summed E-state index contributed by atoms with van der Waals surface area (Å²) in [5.41, 5.74) is 7.15. The van der Waals surface area contributed by atoms with Crippen molar-refractivity contribution >= 4 is 23.2 Å². The average Bonchev–Trinajstić information content (AvgIpc) is 3.11. The Morgan fingerprint density at radius 1 is 1.21 bits per heavy atom. The number of amides is 1. The lowest BCUT2D eigenvalue weighted by Gasteiger charge is -2.36. The van der Waals surface area contributed by atoms with Gasteiger partial charge in [0.05, 0.1) is 5.02 Å². The molecular formula is C17H24ClFN4O. The fourth-order valence-corrected chi connectivity index (χ4v) is 3.48. The summed E-state index contributed by atoms with van der Waals surface area (Å²) in [5, 5.41) is 0.141.